The van der Waals surface area contributed by atoms with E-state index in [9.17, 15) is 14.0 Å². The van der Waals surface area contributed by atoms with Gasteiger partial charge in [0.2, 0.25) is 5.91 Å². The Bertz CT molecular complexity index is 465. The number of carbonyl (C=O) groups excluding carboxylic acids is 2. The zero-order valence-electron chi connectivity index (χ0n) is 10.00. The number of benzene rings is 1. The van der Waals surface area contributed by atoms with Crippen LogP contribution in [0, 0.1) is 5.82 Å². The Kier molecular flexibility index (Phi) is 5.27. The number of halogens is 2. The van der Waals surface area contributed by atoms with E-state index in [1.165, 1.54) is 32.0 Å². The molecule has 1 amide bonds. The fourth-order valence-corrected chi connectivity index (χ4v) is 1.74. The first kappa shape index (κ1) is 14.6. The second-order valence-electron chi connectivity index (χ2n) is 3.77. The molecule has 0 saturated carbocycles. The van der Waals surface area contributed by atoms with Gasteiger partial charge in [-0.05, 0) is 19.1 Å². The molecule has 0 saturated heterocycles. The SMILES string of the molecule is CC(=O)NC(C)C(=O)OCc1ccc(F)cc1Br. The van der Waals surface area contributed by atoms with Crippen LogP contribution in [-0.2, 0) is 20.9 Å². The number of rotatable bonds is 4. The highest BCUT2D eigenvalue weighted by molar-refractivity contribution is 9.10. The quantitative estimate of drug-likeness (QED) is 0.866. The van der Waals surface area contributed by atoms with Crippen molar-refractivity contribution in [2.24, 2.45) is 0 Å². The predicted octanol–water partition coefficient (Wildman–Crippen LogP) is 2.16. The zero-order valence-corrected chi connectivity index (χ0v) is 11.6. The third-order valence-electron chi connectivity index (χ3n) is 2.16. The molecule has 0 spiro atoms. The van der Waals surface area contributed by atoms with Gasteiger partial charge in [0.25, 0.3) is 0 Å². The molecule has 98 valence electrons. The van der Waals surface area contributed by atoms with E-state index in [0.29, 0.717) is 10.0 Å². The van der Waals surface area contributed by atoms with Crippen LogP contribution in [-0.4, -0.2) is 17.9 Å². The van der Waals surface area contributed by atoms with Gasteiger partial charge in [-0.2, -0.15) is 0 Å². The van der Waals surface area contributed by atoms with Gasteiger partial charge in [-0.15, -0.1) is 0 Å². The lowest BCUT2D eigenvalue weighted by atomic mass is 10.2. The predicted molar refractivity (Wildman–Crippen MR) is 67.2 cm³/mol. The number of hydrogen-bond donors (Lipinski definition) is 1. The van der Waals surface area contributed by atoms with Crippen molar-refractivity contribution in [2.75, 3.05) is 0 Å². The summed E-state index contributed by atoms with van der Waals surface area (Å²) in [5.41, 5.74) is 0.653. The van der Waals surface area contributed by atoms with Crippen LogP contribution in [0.3, 0.4) is 0 Å². The van der Waals surface area contributed by atoms with Gasteiger partial charge in [-0.3, -0.25) is 4.79 Å². The maximum atomic E-state index is 12.8. The maximum Gasteiger partial charge on any atom is 0.328 e. The van der Waals surface area contributed by atoms with Gasteiger partial charge in [-0.25, -0.2) is 9.18 Å². The molecular weight excluding hydrogens is 305 g/mol. The van der Waals surface area contributed by atoms with Gasteiger partial charge < -0.3 is 10.1 Å². The van der Waals surface area contributed by atoms with Crippen LogP contribution >= 0.6 is 15.9 Å². The van der Waals surface area contributed by atoms with Crippen molar-refractivity contribution in [1.29, 1.82) is 0 Å². The second-order valence-corrected chi connectivity index (χ2v) is 4.62. The van der Waals surface area contributed by atoms with Crippen LogP contribution in [0.15, 0.2) is 22.7 Å². The summed E-state index contributed by atoms with van der Waals surface area (Å²) < 4.78 is 18.4. The van der Waals surface area contributed by atoms with E-state index in [2.05, 4.69) is 21.2 Å². The summed E-state index contributed by atoms with van der Waals surface area (Å²) in [4.78, 5) is 22.3. The first-order valence-electron chi connectivity index (χ1n) is 5.28. The third kappa shape index (κ3) is 4.44. The average Bonchev–Trinajstić information content (AvgIpc) is 2.26. The van der Waals surface area contributed by atoms with Crippen molar-refractivity contribution >= 4 is 27.8 Å². The minimum atomic E-state index is -0.707. The van der Waals surface area contributed by atoms with Gasteiger partial charge in [0, 0.05) is 17.0 Å². The van der Waals surface area contributed by atoms with E-state index in [1.807, 2.05) is 0 Å². The Hall–Kier alpha value is -1.43. The Balaban J connectivity index is 2.54. The van der Waals surface area contributed by atoms with Crippen molar-refractivity contribution in [3.05, 3.63) is 34.1 Å². The number of hydrogen-bond acceptors (Lipinski definition) is 3. The van der Waals surface area contributed by atoms with Gasteiger partial charge in [0.1, 0.15) is 18.5 Å². The van der Waals surface area contributed by atoms with E-state index in [-0.39, 0.29) is 18.3 Å². The monoisotopic (exact) mass is 317 g/mol. The zero-order chi connectivity index (χ0) is 13.7. The molecule has 0 aliphatic heterocycles. The molecule has 0 aliphatic carbocycles. The molecule has 0 aliphatic rings. The molecule has 6 heteroatoms. The third-order valence-corrected chi connectivity index (χ3v) is 2.90. The van der Waals surface area contributed by atoms with E-state index in [4.69, 9.17) is 4.74 Å². The lowest BCUT2D eigenvalue weighted by molar-refractivity contribution is -0.148. The molecule has 18 heavy (non-hydrogen) atoms. The summed E-state index contributed by atoms with van der Waals surface area (Å²) in [5, 5.41) is 2.42. The summed E-state index contributed by atoms with van der Waals surface area (Å²) >= 11 is 3.17. The molecule has 0 aromatic heterocycles. The molecule has 1 aromatic rings. The highest BCUT2D eigenvalue weighted by Gasteiger charge is 2.15. The van der Waals surface area contributed by atoms with Crippen molar-refractivity contribution in [2.45, 2.75) is 26.5 Å². The molecule has 0 heterocycles. The van der Waals surface area contributed by atoms with Crippen LogP contribution in [0.25, 0.3) is 0 Å². The number of esters is 1. The highest BCUT2D eigenvalue weighted by Crippen LogP contribution is 2.18. The molecule has 0 bridgehead atoms. The molecule has 1 unspecified atom stereocenters. The Morgan fingerprint density at radius 3 is 2.72 bits per heavy atom. The molecule has 4 nitrogen and oxygen atoms in total. The maximum absolute atomic E-state index is 12.8. The average molecular weight is 318 g/mol. The lowest BCUT2D eigenvalue weighted by Gasteiger charge is -2.12. The van der Waals surface area contributed by atoms with E-state index >= 15 is 0 Å². The molecule has 1 rings (SSSR count). The lowest BCUT2D eigenvalue weighted by Crippen LogP contribution is -2.38. The molecule has 1 aromatic carbocycles. The Morgan fingerprint density at radius 1 is 1.50 bits per heavy atom. The van der Waals surface area contributed by atoms with E-state index in [0.717, 1.165) is 0 Å². The molecular formula is C12H13BrFNO3. The topological polar surface area (TPSA) is 55.4 Å². The first-order chi connectivity index (χ1) is 8.40. The van der Waals surface area contributed by atoms with E-state index in [1.54, 1.807) is 0 Å². The van der Waals surface area contributed by atoms with Crippen LogP contribution in [0.1, 0.15) is 19.4 Å². The summed E-state index contributed by atoms with van der Waals surface area (Å²) in [6.07, 6.45) is 0. The highest BCUT2D eigenvalue weighted by atomic mass is 79.9. The molecule has 0 radical (unpaired) electrons. The van der Waals surface area contributed by atoms with Crippen LogP contribution in [0.5, 0.6) is 0 Å². The largest absolute Gasteiger partial charge is 0.459 e. The fourth-order valence-electron chi connectivity index (χ4n) is 1.28. The van der Waals surface area contributed by atoms with Crippen molar-refractivity contribution < 1.29 is 18.7 Å². The number of nitrogens with one attached hydrogen (secondary N) is 1. The smallest absolute Gasteiger partial charge is 0.328 e. The van der Waals surface area contributed by atoms with Crippen LogP contribution in [0.4, 0.5) is 4.39 Å². The first-order valence-corrected chi connectivity index (χ1v) is 6.07. The Labute approximate surface area is 113 Å². The number of ether oxygens (including phenoxy) is 1. The summed E-state index contributed by atoms with van der Waals surface area (Å²) in [6.45, 7) is 2.87. The molecule has 1 N–H and O–H groups in total. The van der Waals surface area contributed by atoms with Crippen molar-refractivity contribution in [3.63, 3.8) is 0 Å². The normalized spacial score (nSPS) is 11.8. The summed E-state index contributed by atoms with van der Waals surface area (Å²) in [6, 6.07) is 3.39. The summed E-state index contributed by atoms with van der Waals surface area (Å²) in [7, 11) is 0. The van der Waals surface area contributed by atoms with Crippen LogP contribution < -0.4 is 5.32 Å². The fraction of sp³-hybridized carbons (Fsp3) is 0.333. The second kappa shape index (κ2) is 6.49. The van der Waals surface area contributed by atoms with E-state index < -0.39 is 12.0 Å². The number of carbonyl (C=O) groups is 2. The minimum absolute atomic E-state index is 0.0175. The van der Waals surface area contributed by atoms with Gasteiger partial charge in [0.15, 0.2) is 0 Å². The van der Waals surface area contributed by atoms with Crippen LogP contribution in [0.2, 0.25) is 0 Å². The van der Waals surface area contributed by atoms with Gasteiger partial charge in [0.05, 0.1) is 0 Å². The van der Waals surface area contributed by atoms with Crippen molar-refractivity contribution in [1.82, 2.24) is 5.32 Å². The number of amides is 1. The van der Waals surface area contributed by atoms with Gasteiger partial charge >= 0.3 is 5.97 Å². The molecule has 1 atom stereocenters. The molecule has 0 fully saturated rings. The van der Waals surface area contributed by atoms with Crippen molar-refractivity contribution in [3.8, 4) is 0 Å². The Morgan fingerprint density at radius 2 is 2.17 bits per heavy atom. The minimum Gasteiger partial charge on any atom is -0.459 e. The standard InChI is InChI=1S/C12H13BrFNO3/c1-7(15-8(2)16)12(17)18-6-9-3-4-10(14)5-11(9)13/h3-5,7H,6H2,1-2H3,(H,15,16). The van der Waals surface area contributed by atoms with Gasteiger partial charge in [-0.1, -0.05) is 22.0 Å². The summed E-state index contributed by atoms with van der Waals surface area (Å²) in [5.74, 6) is -1.22.